The van der Waals surface area contributed by atoms with Gasteiger partial charge in [-0.1, -0.05) is 28.9 Å². The van der Waals surface area contributed by atoms with Crippen molar-refractivity contribution in [1.82, 2.24) is 0 Å². The maximum atomic E-state index is 13.0. The Kier molecular flexibility index (Phi) is 4.75. The van der Waals surface area contributed by atoms with Crippen LogP contribution in [-0.2, 0) is 11.0 Å². The third-order valence-corrected chi connectivity index (χ3v) is 4.24. The number of hydrogen-bond acceptors (Lipinski definition) is 2. The molecule has 19 heavy (non-hydrogen) atoms. The topological polar surface area (TPSA) is 40.9 Å². The van der Waals surface area contributed by atoms with Crippen LogP contribution in [0.4, 0.5) is 13.2 Å². The SMILES string of the molecule is CC(=O)C(Br)C(C)c1ccc(C#N)cc1C(F)(F)F. The summed E-state index contributed by atoms with van der Waals surface area (Å²) in [6, 6.07) is 5.06. The second-order valence-electron chi connectivity index (χ2n) is 4.21. The van der Waals surface area contributed by atoms with E-state index in [0.717, 1.165) is 6.07 Å². The third-order valence-electron chi connectivity index (χ3n) is 2.81. The van der Waals surface area contributed by atoms with Crippen LogP contribution >= 0.6 is 15.9 Å². The molecule has 2 unspecified atom stereocenters. The summed E-state index contributed by atoms with van der Waals surface area (Å²) in [7, 11) is 0. The predicted octanol–water partition coefficient (Wildman–Crippen LogP) is 4.03. The van der Waals surface area contributed by atoms with Crippen molar-refractivity contribution in [1.29, 1.82) is 5.26 Å². The van der Waals surface area contributed by atoms with Crippen molar-refractivity contribution < 1.29 is 18.0 Å². The Morgan fingerprint density at radius 3 is 2.42 bits per heavy atom. The highest BCUT2D eigenvalue weighted by atomic mass is 79.9. The Bertz CT molecular complexity index is 534. The van der Waals surface area contributed by atoms with Crippen molar-refractivity contribution in [3.05, 3.63) is 34.9 Å². The maximum Gasteiger partial charge on any atom is 0.416 e. The number of nitrogens with zero attached hydrogens (tertiary/aromatic N) is 1. The van der Waals surface area contributed by atoms with Gasteiger partial charge in [0.25, 0.3) is 0 Å². The molecule has 0 radical (unpaired) electrons. The smallest absolute Gasteiger partial charge is 0.299 e. The standard InChI is InChI=1S/C13H11BrF3NO/c1-7(12(14)8(2)19)10-4-3-9(6-18)5-11(10)13(15,16)17/h3-5,7,12H,1-2H3. The number of nitriles is 1. The molecule has 0 saturated carbocycles. The van der Waals surface area contributed by atoms with Gasteiger partial charge in [-0.25, -0.2) is 0 Å². The first kappa shape index (κ1) is 15.7. The van der Waals surface area contributed by atoms with Crippen molar-refractivity contribution >= 4 is 21.7 Å². The summed E-state index contributed by atoms with van der Waals surface area (Å²) >= 11 is 3.10. The number of ketones is 1. The molecule has 6 heteroatoms. The van der Waals surface area contributed by atoms with Gasteiger partial charge in [-0.05, 0) is 24.6 Å². The van der Waals surface area contributed by atoms with Crippen molar-refractivity contribution in [2.24, 2.45) is 0 Å². The number of carbonyl (C=O) groups is 1. The van der Waals surface area contributed by atoms with E-state index in [-0.39, 0.29) is 16.9 Å². The lowest BCUT2D eigenvalue weighted by atomic mass is 9.90. The summed E-state index contributed by atoms with van der Waals surface area (Å²) in [4.78, 5) is 10.6. The van der Waals surface area contributed by atoms with Crippen LogP contribution in [0.5, 0.6) is 0 Å². The number of benzene rings is 1. The normalized spacial score (nSPS) is 14.6. The zero-order valence-electron chi connectivity index (χ0n) is 10.3. The average molecular weight is 334 g/mol. The summed E-state index contributed by atoms with van der Waals surface area (Å²) in [6.07, 6.45) is -4.56. The van der Waals surface area contributed by atoms with E-state index in [1.165, 1.54) is 26.0 Å². The van der Waals surface area contributed by atoms with Crippen LogP contribution in [0, 0.1) is 11.3 Å². The van der Waals surface area contributed by atoms with E-state index in [4.69, 9.17) is 5.26 Å². The lowest BCUT2D eigenvalue weighted by Crippen LogP contribution is -2.21. The summed E-state index contributed by atoms with van der Waals surface area (Å²) < 4.78 is 38.9. The molecule has 0 bridgehead atoms. The van der Waals surface area contributed by atoms with Gasteiger partial charge in [-0.15, -0.1) is 0 Å². The lowest BCUT2D eigenvalue weighted by molar-refractivity contribution is -0.138. The summed E-state index contributed by atoms with van der Waals surface area (Å²) in [5.41, 5.74) is -0.925. The fourth-order valence-corrected chi connectivity index (χ4v) is 2.06. The molecule has 0 spiro atoms. The van der Waals surface area contributed by atoms with Gasteiger partial charge in [0.1, 0.15) is 5.78 Å². The summed E-state index contributed by atoms with van der Waals surface area (Å²) in [5, 5.41) is 8.67. The van der Waals surface area contributed by atoms with Gasteiger partial charge in [-0.2, -0.15) is 18.4 Å². The first-order chi connectivity index (χ1) is 8.68. The van der Waals surface area contributed by atoms with Crippen LogP contribution in [0.15, 0.2) is 18.2 Å². The second kappa shape index (κ2) is 5.74. The van der Waals surface area contributed by atoms with E-state index >= 15 is 0 Å². The second-order valence-corrected chi connectivity index (χ2v) is 5.20. The molecule has 0 heterocycles. The Hall–Kier alpha value is -1.35. The Morgan fingerprint density at radius 2 is 2.00 bits per heavy atom. The first-order valence-electron chi connectivity index (χ1n) is 5.44. The molecule has 0 saturated heterocycles. The highest BCUT2D eigenvalue weighted by molar-refractivity contribution is 9.10. The molecule has 0 N–H and O–H groups in total. The molecule has 2 atom stereocenters. The minimum Gasteiger partial charge on any atom is -0.299 e. The number of carbonyl (C=O) groups excluding carboxylic acids is 1. The molecule has 2 nitrogen and oxygen atoms in total. The van der Waals surface area contributed by atoms with Crippen molar-refractivity contribution in [2.75, 3.05) is 0 Å². The van der Waals surface area contributed by atoms with Crippen LogP contribution < -0.4 is 0 Å². The van der Waals surface area contributed by atoms with Gasteiger partial charge in [0, 0.05) is 5.92 Å². The number of hydrogen-bond donors (Lipinski definition) is 0. The van der Waals surface area contributed by atoms with Gasteiger partial charge >= 0.3 is 6.18 Å². The highest BCUT2D eigenvalue weighted by Crippen LogP contribution is 2.38. The van der Waals surface area contributed by atoms with Crippen LogP contribution in [-0.4, -0.2) is 10.6 Å². The summed E-state index contributed by atoms with van der Waals surface area (Å²) in [6.45, 7) is 2.85. The molecule has 1 rings (SSSR count). The lowest BCUT2D eigenvalue weighted by Gasteiger charge is -2.21. The molecule has 0 amide bonds. The van der Waals surface area contributed by atoms with Crippen LogP contribution in [0.1, 0.15) is 36.5 Å². The van der Waals surface area contributed by atoms with Gasteiger partial charge in [0.15, 0.2) is 0 Å². The van der Waals surface area contributed by atoms with E-state index in [1.54, 1.807) is 6.07 Å². The third kappa shape index (κ3) is 3.57. The van der Waals surface area contributed by atoms with Crippen LogP contribution in [0.2, 0.25) is 0 Å². The van der Waals surface area contributed by atoms with Gasteiger partial charge in [0.05, 0.1) is 22.0 Å². The van der Waals surface area contributed by atoms with Crippen molar-refractivity contribution in [2.45, 2.75) is 30.8 Å². The first-order valence-corrected chi connectivity index (χ1v) is 6.35. The molecule has 0 fully saturated rings. The van der Waals surface area contributed by atoms with Gasteiger partial charge in [-0.3, -0.25) is 4.79 Å². The van der Waals surface area contributed by atoms with E-state index in [1.807, 2.05) is 0 Å². The largest absolute Gasteiger partial charge is 0.416 e. The van der Waals surface area contributed by atoms with Crippen LogP contribution in [0.3, 0.4) is 0 Å². The fraction of sp³-hybridized carbons (Fsp3) is 0.385. The van der Waals surface area contributed by atoms with Crippen molar-refractivity contribution in [3.63, 3.8) is 0 Å². The minimum atomic E-state index is -4.56. The highest BCUT2D eigenvalue weighted by Gasteiger charge is 2.36. The monoisotopic (exact) mass is 333 g/mol. The minimum absolute atomic E-state index is 0.00331. The Morgan fingerprint density at radius 1 is 1.42 bits per heavy atom. The molecule has 0 aliphatic carbocycles. The molecule has 1 aromatic carbocycles. The van der Waals surface area contributed by atoms with Gasteiger partial charge < -0.3 is 0 Å². The number of alkyl halides is 4. The Labute approximate surface area is 117 Å². The van der Waals surface area contributed by atoms with Crippen LogP contribution in [0.25, 0.3) is 0 Å². The zero-order chi connectivity index (χ0) is 14.8. The molecular formula is C13H11BrF3NO. The van der Waals surface area contributed by atoms with E-state index < -0.39 is 22.5 Å². The van der Waals surface area contributed by atoms with Crippen molar-refractivity contribution in [3.8, 4) is 6.07 Å². The predicted molar refractivity (Wildman–Crippen MR) is 68.0 cm³/mol. The number of halogens is 4. The van der Waals surface area contributed by atoms with E-state index in [0.29, 0.717) is 0 Å². The maximum absolute atomic E-state index is 13.0. The van der Waals surface area contributed by atoms with E-state index in [9.17, 15) is 18.0 Å². The molecule has 0 aromatic heterocycles. The molecule has 102 valence electrons. The number of rotatable bonds is 3. The quantitative estimate of drug-likeness (QED) is 0.783. The van der Waals surface area contributed by atoms with E-state index in [2.05, 4.69) is 15.9 Å². The molecule has 0 aliphatic heterocycles. The zero-order valence-corrected chi connectivity index (χ0v) is 11.8. The fourth-order valence-electron chi connectivity index (χ4n) is 1.78. The van der Waals surface area contributed by atoms with Gasteiger partial charge in [0.2, 0.25) is 0 Å². The molecule has 0 aliphatic rings. The molecular weight excluding hydrogens is 323 g/mol. The average Bonchev–Trinajstić information content (AvgIpc) is 2.35. The summed E-state index contributed by atoms with van der Waals surface area (Å²) in [5.74, 6) is -0.883. The number of Topliss-reactive ketones (excluding diaryl/α,β-unsaturated/α-hetero) is 1. The Balaban J connectivity index is 3.36. The molecule has 1 aromatic rings.